The fraction of sp³-hybridized carbons (Fsp3) is 0.538. The number of rotatable bonds is 4. The van der Waals surface area contributed by atoms with Crippen LogP contribution in [0.4, 0.5) is 0 Å². The van der Waals surface area contributed by atoms with E-state index >= 15 is 0 Å². The lowest BCUT2D eigenvalue weighted by Gasteiger charge is -2.42. The SMILES string of the molecule is COC1(CC(N)c2cccc(Cl)c2)CCC1. The molecule has 2 N–H and O–H groups in total. The van der Waals surface area contributed by atoms with Gasteiger partial charge in [-0.3, -0.25) is 0 Å². The second-order valence-corrected chi connectivity index (χ2v) is 5.04. The molecule has 0 aliphatic heterocycles. The van der Waals surface area contributed by atoms with Gasteiger partial charge in [0.2, 0.25) is 0 Å². The zero-order valence-corrected chi connectivity index (χ0v) is 10.3. The molecular formula is C13H18ClNO. The normalized spacial score (nSPS) is 20.2. The molecule has 1 fully saturated rings. The highest BCUT2D eigenvalue weighted by Gasteiger charge is 2.38. The van der Waals surface area contributed by atoms with Crippen LogP contribution in [0.25, 0.3) is 0 Å². The molecule has 2 nitrogen and oxygen atoms in total. The van der Waals surface area contributed by atoms with Gasteiger partial charge >= 0.3 is 0 Å². The van der Waals surface area contributed by atoms with Crippen LogP contribution in [0, 0.1) is 0 Å². The molecule has 0 radical (unpaired) electrons. The van der Waals surface area contributed by atoms with Gasteiger partial charge in [0, 0.05) is 18.2 Å². The predicted molar refractivity (Wildman–Crippen MR) is 66.6 cm³/mol. The molecule has 1 atom stereocenters. The van der Waals surface area contributed by atoms with Crippen LogP contribution in [0.3, 0.4) is 0 Å². The van der Waals surface area contributed by atoms with E-state index in [-0.39, 0.29) is 11.6 Å². The third kappa shape index (κ3) is 2.40. The number of benzene rings is 1. The first-order valence-electron chi connectivity index (χ1n) is 5.71. The summed E-state index contributed by atoms with van der Waals surface area (Å²) in [5, 5.41) is 0.744. The maximum atomic E-state index is 6.20. The first kappa shape index (κ1) is 11.9. The van der Waals surface area contributed by atoms with Crippen LogP contribution in [0.2, 0.25) is 5.02 Å². The van der Waals surface area contributed by atoms with Crippen LogP contribution in [0.5, 0.6) is 0 Å². The Kier molecular flexibility index (Phi) is 3.53. The Labute approximate surface area is 102 Å². The molecule has 0 spiro atoms. The highest BCUT2D eigenvalue weighted by Crippen LogP contribution is 2.41. The van der Waals surface area contributed by atoms with E-state index in [0.717, 1.165) is 29.8 Å². The van der Waals surface area contributed by atoms with Gasteiger partial charge in [-0.2, -0.15) is 0 Å². The quantitative estimate of drug-likeness (QED) is 0.875. The monoisotopic (exact) mass is 239 g/mol. The molecule has 88 valence electrons. The topological polar surface area (TPSA) is 35.2 Å². The van der Waals surface area contributed by atoms with Crippen molar-refractivity contribution in [3.05, 3.63) is 34.9 Å². The molecule has 0 amide bonds. The molecule has 0 aromatic heterocycles. The van der Waals surface area contributed by atoms with Gasteiger partial charge in [0.1, 0.15) is 0 Å². The van der Waals surface area contributed by atoms with Crippen molar-refractivity contribution < 1.29 is 4.74 Å². The summed E-state index contributed by atoms with van der Waals surface area (Å²) in [4.78, 5) is 0. The highest BCUT2D eigenvalue weighted by molar-refractivity contribution is 6.30. The largest absolute Gasteiger partial charge is 0.378 e. The average Bonchev–Trinajstić information content (AvgIpc) is 2.23. The van der Waals surface area contributed by atoms with Crippen molar-refractivity contribution in [3.63, 3.8) is 0 Å². The van der Waals surface area contributed by atoms with Crippen molar-refractivity contribution in [1.29, 1.82) is 0 Å². The number of ether oxygens (including phenoxy) is 1. The third-order valence-electron chi connectivity index (χ3n) is 3.57. The maximum Gasteiger partial charge on any atom is 0.0696 e. The number of hydrogen-bond acceptors (Lipinski definition) is 2. The van der Waals surface area contributed by atoms with Crippen molar-refractivity contribution in [2.45, 2.75) is 37.3 Å². The van der Waals surface area contributed by atoms with E-state index in [0.29, 0.717) is 0 Å². The molecule has 16 heavy (non-hydrogen) atoms. The minimum Gasteiger partial charge on any atom is -0.378 e. The van der Waals surface area contributed by atoms with Crippen molar-refractivity contribution in [2.24, 2.45) is 5.73 Å². The Bertz CT molecular complexity index is 357. The van der Waals surface area contributed by atoms with Gasteiger partial charge in [0.25, 0.3) is 0 Å². The van der Waals surface area contributed by atoms with Crippen LogP contribution in [-0.2, 0) is 4.74 Å². The average molecular weight is 240 g/mol. The molecule has 0 bridgehead atoms. The molecule has 0 saturated heterocycles. The van der Waals surface area contributed by atoms with Crippen LogP contribution in [-0.4, -0.2) is 12.7 Å². The third-order valence-corrected chi connectivity index (χ3v) is 3.80. The maximum absolute atomic E-state index is 6.20. The number of methoxy groups -OCH3 is 1. The van der Waals surface area contributed by atoms with Gasteiger partial charge in [-0.15, -0.1) is 0 Å². The van der Waals surface area contributed by atoms with Crippen LogP contribution in [0.1, 0.15) is 37.3 Å². The zero-order chi connectivity index (χ0) is 11.6. The fourth-order valence-corrected chi connectivity index (χ4v) is 2.52. The van der Waals surface area contributed by atoms with E-state index < -0.39 is 0 Å². The molecule has 1 aromatic carbocycles. The first-order valence-corrected chi connectivity index (χ1v) is 6.09. The zero-order valence-electron chi connectivity index (χ0n) is 9.58. The van der Waals surface area contributed by atoms with Gasteiger partial charge in [0.15, 0.2) is 0 Å². The number of nitrogens with two attached hydrogens (primary N) is 1. The summed E-state index contributed by atoms with van der Waals surface area (Å²) in [7, 11) is 1.78. The van der Waals surface area contributed by atoms with Crippen molar-refractivity contribution in [2.75, 3.05) is 7.11 Å². The van der Waals surface area contributed by atoms with Gasteiger partial charge in [-0.05, 0) is 43.4 Å². The van der Waals surface area contributed by atoms with E-state index in [4.69, 9.17) is 22.1 Å². The summed E-state index contributed by atoms with van der Waals surface area (Å²) >= 11 is 5.96. The van der Waals surface area contributed by atoms with Crippen molar-refractivity contribution in [3.8, 4) is 0 Å². The molecule has 1 aliphatic carbocycles. The molecule has 1 aromatic rings. The summed E-state index contributed by atoms with van der Waals surface area (Å²) in [6.45, 7) is 0. The first-order chi connectivity index (χ1) is 7.65. The van der Waals surface area contributed by atoms with Crippen LogP contribution < -0.4 is 5.73 Å². The van der Waals surface area contributed by atoms with Crippen LogP contribution >= 0.6 is 11.6 Å². The van der Waals surface area contributed by atoms with Crippen molar-refractivity contribution >= 4 is 11.6 Å². The Hall–Kier alpha value is -0.570. The van der Waals surface area contributed by atoms with Crippen LogP contribution in [0.15, 0.2) is 24.3 Å². The van der Waals surface area contributed by atoms with E-state index in [9.17, 15) is 0 Å². The molecule has 2 rings (SSSR count). The summed E-state index contributed by atoms with van der Waals surface area (Å²) in [5.74, 6) is 0. The van der Waals surface area contributed by atoms with E-state index in [1.165, 1.54) is 6.42 Å². The van der Waals surface area contributed by atoms with E-state index in [1.807, 2.05) is 24.3 Å². The van der Waals surface area contributed by atoms with E-state index in [2.05, 4.69) is 0 Å². The highest BCUT2D eigenvalue weighted by atomic mass is 35.5. The standard InChI is InChI=1S/C13H18ClNO/c1-16-13(6-3-7-13)9-12(15)10-4-2-5-11(14)8-10/h2,4-5,8,12H,3,6-7,9,15H2,1H3. The second-order valence-electron chi connectivity index (χ2n) is 4.61. The van der Waals surface area contributed by atoms with Gasteiger partial charge in [-0.1, -0.05) is 23.7 Å². The Morgan fingerprint density at radius 3 is 2.75 bits per heavy atom. The molecular weight excluding hydrogens is 222 g/mol. The molecule has 1 unspecified atom stereocenters. The Morgan fingerprint density at radius 2 is 2.25 bits per heavy atom. The second kappa shape index (κ2) is 4.74. The van der Waals surface area contributed by atoms with Gasteiger partial charge < -0.3 is 10.5 Å². The molecule has 3 heteroatoms. The summed E-state index contributed by atoms with van der Waals surface area (Å²) in [5.41, 5.74) is 7.31. The number of halogens is 1. The lowest BCUT2D eigenvalue weighted by Crippen LogP contribution is -2.41. The van der Waals surface area contributed by atoms with Gasteiger partial charge in [-0.25, -0.2) is 0 Å². The fourth-order valence-electron chi connectivity index (χ4n) is 2.32. The minimum absolute atomic E-state index is 0.0129. The lowest BCUT2D eigenvalue weighted by atomic mass is 9.75. The predicted octanol–water partition coefficient (Wildman–Crippen LogP) is 3.30. The summed E-state index contributed by atoms with van der Waals surface area (Å²) in [6.07, 6.45) is 4.37. The van der Waals surface area contributed by atoms with Crippen molar-refractivity contribution in [1.82, 2.24) is 0 Å². The Balaban J connectivity index is 2.05. The minimum atomic E-state index is 0.0129. The molecule has 1 saturated carbocycles. The lowest BCUT2D eigenvalue weighted by molar-refractivity contribution is -0.0816. The number of hydrogen-bond donors (Lipinski definition) is 1. The molecule has 1 aliphatic rings. The summed E-state index contributed by atoms with van der Waals surface area (Å²) < 4.78 is 5.58. The Morgan fingerprint density at radius 1 is 1.50 bits per heavy atom. The molecule has 0 heterocycles. The smallest absolute Gasteiger partial charge is 0.0696 e. The van der Waals surface area contributed by atoms with E-state index in [1.54, 1.807) is 7.11 Å². The van der Waals surface area contributed by atoms with Gasteiger partial charge in [0.05, 0.1) is 5.60 Å². The summed E-state index contributed by atoms with van der Waals surface area (Å²) in [6, 6.07) is 7.79.